The number of aldehydes is 1. The molecule has 0 bridgehead atoms. The van der Waals surface area contributed by atoms with Crippen molar-refractivity contribution in [1.82, 2.24) is 4.98 Å². The molecule has 0 saturated heterocycles. The second-order valence-corrected chi connectivity index (χ2v) is 3.39. The van der Waals surface area contributed by atoms with Gasteiger partial charge in [-0.3, -0.25) is 4.79 Å². The molecule has 0 saturated carbocycles. The van der Waals surface area contributed by atoms with Gasteiger partial charge in [-0.2, -0.15) is 0 Å². The number of rotatable bonds is 2. The molecule has 1 aromatic heterocycles. The van der Waals surface area contributed by atoms with Crippen LogP contribution in [0.1, 0.15) is 16.1 Å². The highest BCUT2D eigenvalue weighted by Crippen LogP contribution is 2.25. The maximum atomic E-state index is 10.7. The largest absolute Gasteiger partial charge is 0.496 e. The molecule has 1 heterocycles. The number of methoxy groups -OCH3 is 1. The molecule has 0 N–H and O–H groups in total. The number of hydrogen-bond acceptors (Lipinski definition) is 3. The lowest BCUT2D eigenvalue weighted by Gasteiger charge is -2.06. The molecule has 1 aromatic carbocycles. The van der Waals surface area contributed by atoms with Crippen molar-refractivity contribution in [2.24, 2.45) is 0 Å². The average molecular weight is 201 g/mol. The van der Waals surface area contributed by atoms with Gasteiger partial charge in [0.1, 0.15) is 11.4 Å². The summed E-state index contributed by atoms with van der Waals surface area (Å²) in [6, 6.07) is 7.49. The number of ether oxygens (including phenoxy) is 1. The number of hydrogen-bond donors (Lipinski definition) is 0. The highest BCUT2D eigenvalue weighted by atomic mass is 16.5. The summed E-state index contributed by atoms with van der Waals surface area (Å²) in [5, 5.41) is 0.933. The van der Waals surface area contributed by atoms with E-state index in [0.29, 0.717) is 11.4 Å². The van der Waals surface area contributed by atoms with Crippen molar-refractivity contribution in [2.75, 3.05) is 7.11 Å². The third kappa shape index (κ3) is 1.68. The van der Waals surface area contributed by atoms with Crippen molar-refractivity contribution in [2.45, 2.75) is 6.92 Å². The molecule has 2 aromatic rings. The summed E-state index contributed by atoms with van der Waals surface area (Å²) in [7, 11) is 1.59. The number of fused-ring (bicyclic) bond motifs is 1. The molecule has 0 unspecified atom stereocenters. The summed E-state index contributed by atoms with van der Waals surface area (Å²) in [6.07, 6.45) is 0.724. The normalized spacial score (nSPS) is 10.3. The molecule has 0 spiro atoms. The zero-order chi connectivity index (χ0) is 10.8. The van der Waals surface area contributed by atoms with E-state index < -0.39 is 0 Å². The third-order valence-electron chi connectivity index (χ3n) is 2.29. The van der Waals surface area contributed by atoms with Gasteiger partial charge in [-0.15, -0.1) is 0 Å². The molecular formula is C12H11NO2. The van der Waals surface area contributed by atoms with Gasteiger partial charge >= 0.3 is 0 Å². The van der Waals surface area contributed by atoms with Gasteiger partial charge in [0.25, 0.3) is 0 Å². The first kappa shape index (κ1) is 9.65. The van der Waals surface area contributed by atoms with Crippen LogP contribution >= 0.6 is 0 Å². The molecule has 15 heavy (non-hydrogen) atoms. The lowest BCUT2D eigenvalue weighted by Crippen LogP contribution is -1.93. The fourth-order valence-electron chi connectivity index (χ4n) is 1.56. The quantitative estimate of drug-likeness (QED) is 0.700. The van der Waals surface area contributed by atoms with E-state index in [1.165, 1.54) is 0 Å². The molecule has 0 fully saturated rings. The van der Waals surface area contributed by atoms with Crippen LogP contribution in [0, 0.1) is 6.92 Å². The second-order valence-electron chi connectivity index (χ2n) is 3.39. The Hall–Kier alpha value is -1.90. The van der Waals surface area contributed by atoms with E-state index in [4.69, 9.17) is 4.74 Å². The summed E-state index contributed by atoms with van der Waals surface area (Å²) in [5.41, 5.74) is 2.31. The molecule has 76 valence electrons. The fraction of sp³-hybridized carbons (Fsp3) is 0.167. The molecule has 0 atom stereocenters. The fourth-order valence-corrected chi connectivity index (χ4v) is 1.56. The predicted molar refractivity (Wildman–Crippen MR) is 58.4 cm³/mol. The van der Waals surface area contributed by atoms with Crippen LogP contribution < -0.4 is 4.74 Å². The smallest absolute Gasteiger partial charge is 0.168 e. The standard InChI is InChI=1S/C12H11NO2/c1-8-3-4-11-10(5-8)12(15-2)6-9(7-14)13-11/h3-7H,1-2H3. The zero-order valence-corrected chi connectivity index (χ0v) is 8.65. The number of carbonyl (C=O) groups is 1. The van der Waals surface area contributed by atoms with Crippen molar-refractivity contribution in [3.63, 3.8) is 0 Å². The minimum Gasteiger partial charge on any atom is -0.496 e. The van der Waals surface area contributed by atoms with Gasteiger partial charge in [0.2, 0.25) is 0 Å². The van der Waals surface area contributed by atoms with E-state index in [9.17, 15) is 4.79 Å². The first-order valence-electron chi connectivity index (χ1n) is 4.65. The minimum atomic E-state index is 0.392. The van der Waals surface area contributed by atoms with E-state index in [1.54, 1.807) is 13.2 Å². The van der Waals surface area contributed by atoms with Crippen molar-refractivity contribution in [1.29, 1.82) is 0 Å². The summed E-state index contributed by atoms with van der Waals surface area (Å²) in [4.78, 5) is 14.9. The van der Waals surface area contributed by atoms with Crippen LogP contribution in [-0.4, -0.2) is 18.4 Å². The van der Waals surface area contributed by atoms with Crippen LogP contribution in [0.3, 0.4) is 0 Å². The van der Waals surface area contributed by atoms with Gasteiger partial charge < -0.3 is 4.74 Å². The van der Waals surface area contributed by atoms with Gasteiger partial charge in [-0.25, -0.2) is 4.98 Å². The van der Waals surface area contributed by atoms with Crippen LogP contribution in [0.15, 0.2) is 24.3 Å². The summed E-state index contributed by atoms with van der Waals surface area (Å²) < 4.78 is 5.23. The second kappa shape index (κ2) is 3.69. The SMILES string of the molecule is COc1cc(C=O)nc2ccc(C)cc12. The third-order valence-corrected chi connectivity index (χ3v) is 2.29. The summed E-state index contributed by atoms with van der Waals surface area (Å²) >= 11 is 0. The van der Waals surface area contributed by atoms with Gasteiger partial charge in [-0.05, 0) is 19.1 Å². The number of aryl methyl sites for hydroxylation is 1. The summed E-state index contributed by atoms with van der Waals surface area (Å²) in [6.45, 7) is 2.01. The van der Waals surface area contributed by atoms with E-state index >= 15 is 0 Å². The molecular weight excluding hydrogens is 190 g/mol. The Bertz CT molecular complexity index is 520. The van der Waals surface area contributed by atoms with Crippen molar-refractivity contribution in [3.8, 4) is 5.75 Å². The Labute approximate surface area is 87.7 Å². The number of benzene rings is 1. The molecule has 0 aliphatic carbocycles. The van der Waals surface area contributed by atoms with Gasteiger partial charge in [0, 0.05) is 11.5 Å². The topological polar surface area (TPSA) is 39.2 Å². The van der Waals surface area contributed by atoms with Crippen LogP contribution in [0.25, 0.3) is 10.9 Å². The van der Waals surface area contributed by atoms with Crippen LogP contribution in [0.2, 0.25) is 0 Å². The Morgan fingerprint density at radius 1 is 1.33 bits per heavy atom. The molecule has 0 amide bonds. The molecule has 3 heteroatoms. The van der Waals surface area contributed by atoms with Crippen molar-refractivity contribution in [3.05, 3.63) is 35.5 Å². The number of carbonyl (C=O) groups excluding carboxylic acids is 1. The predicted octanol–water partition coefficient (Wildman–Crippen LogP) is 2.36. The Balaban J connectivity index is 2.80. The Morgan fingerprint density at radius 3 is 2.80 bits per heavy atom. The van der Waals surface area contributed by atoms with Crippen LogP contribution in [-0.2, 0) is 0 Å². The van der Waals surface area contributed by atoms with Gasteiger partial charge in [0.05, 0.1) is 12.6 Å². The molecule has 0 aliphatic heterocycles. The van der Waals surface area contributed by atoms with E-state index in [2.05, 4.69) is 4.98 Å². The molecule has 2 rings (SSSR count). The highest BCUT2D eigenvalue weighted by molar-refractivity contribution is 5.89. The van der Waals surface area contributed by atoms with Crippen LogP contribution in [0.4, 0.5) is 0 Å². The first-order chi connectivity index (χ1) is 7.24. The van der Waals surface area contributed by atoms with Gasteiger partial charge in [0.15, 0.2) is 6.29 Å². The molecule has 0 aliphatic rings. The van der Waals surface area contributed by atoms with E-state index in [1.807, 2.05) is 25.1 Å². The van der Waals surface area contributed by atoms with Crippen LogP contribution in [0.5, 0.6) is 5.75 Å². The molecule has 0 radical (unpaired) electrons. The lowest BCUT2D eigenvalue weighted by atomic mass is 10.1. The Kier molecular flexibility index (Phi) is 2.37. The average Bonchev–Trinajstić information content (AvgIpc) is 2.27. The maximum absolute atomic E-state index is 10.7. The van der Waals surface area contributed by atoms with Gasteiger partial charge in [-0.1, -0.05) is 11.6 Å². The number of aromatic nitrogens is 1. The van der Waals surface area contributed by atoms with Crippen molar-refractivity contribution < 1.29 is 9.53 Å². The number of nitrogens with zero attached hydrogens (tertiary/aromatic N) is 1. The number of pyridine rings is 1. The molecule has 3 nitrogen and oxygen atoms in total. The Morgan fingerprint density at radius 2 is 2.13 bits per heavy atom. The monoisotopic (exact) mass is 201 g/mol. The lowest BCUT2D eigenvalue weighted by molar-refractivity contribution is 0.111. The maximum Gasteiger partial charge on any atom is 0.168 e. The minimum absolute atomic E-state index is 0.392. The highest BCUT2D eigenvalue weighted by Gasteiger charge is 2.05. The van der Waals surface area contributed by atoms with E-state index in [-0.39, 0.29) is 0 Å². The van der Waals surface area contributed by atoms with Crippen molar-refractivity contribution >= 4 is 17.2 Å². The zero-order valence-electron chi connectivity index (χ0n) is 8.65. The van der Waals surface area contributed by atoms with E-state index in [0.717, 1.165) is 22.8 Å². The first-order valence-corrected chi connectivity index (χ1v) is 4.65. The summed E-state index contributed by atoms with van der Waals surface area (Å²) in [5.74, 6) is 0.686.